The number of aliphatic hydroxyl groups excluding tert-OH is 1. The first-order valence-electron chi connectivity index (χ1n) is 12.6. The Kier molecular flexibility index (Phi) is 12.8. The number of aromatic nitrogens is 3. The number of aliphatic hydroxyl groups is 1. The highest BCUT2D eigenvalue weighted by Crippen LogP contribution is 2.19. The Balaban J connectivity index is 1.49. The molecule has 1 saturated heterocycles. The molecule has 0 radical (unpaired) electrons. The van der Waals surface area contributed by atoms with Gasteiger partial charge in [-0.05, 0) is 24.1 Å². The Hall–Kier alpha value is -3.10. The summed E-state index contributed by atoms with van der Waals surface area (Å²) in [5, 5.41) is 18.3. The van der Waals surface area contributed by atoms with Gasteiger partial charge in [-0.25, -0.2) is 0 Å². The molecule has 1 aliphatic rings. The van der Waals surface area contributed by atoms with Crippen LogP contribution >= 0.6 is 0 Å². The summed E-state index contributed by atoms with van der Waals surface area (Å²) in [7, 11) is 0. The van der Waals surface area contributed by atoms with Gasteiger partial charge in [0, 0.05) is 45.0 Å². The number of morpholine rings is 1. The van der Waals surface area contributed by atoms with Crippen molar-refractivity contribution in [2.75, 3.05) is 94.5 Å². The molecule has 0 unspecified atom stereocenters. The molecule has 204 valence electrons. The molecule has 1 aliphatic heterocycles. The minimum absolute atomic E-state index is 0.0742. The van der Waals surface area contributed by atoms with E-state index in [1.54, 1.807) is 0 Å². The molecule has 2 heterocycles. The van der Waals surface area contributed by atoms with Gasteiger partial charge in [-0.3, -0.25) is 4.79 Å². The minimum Gasteiger partial charge on any atom is -0.396 e. The van der Waals surface area contributed by atoms with Gasteiger partial charge in [0.25, 0.3) is 0 Å². The summed E-state index contributed by atoms with van der Waals surface area (Å²) in [6.45, 7) is 6.11. The highest BCUT2D eigenvalue weighted by Gasteiger charge is 2.17. The first-order valence-corrected chi connectivity index (χ1v) is 12.6. The Morgan fingerprint density at radius 1 is 1.00 bits per heavy atom. The zero-order valence-electron chi connectivity index (χ0n) is 21.2. The first-order chi connectivity index (χ1) is 18.2. The molecular formula is C24H38N8O5. The number of carbonyl (C=O) groups is 1. The second-order valence-corrected chi connectivity index (χ2v) is 8.25. The van der Waals surface area contributed by atoms with E-state index in [1.807, 2.05) is 24.3 Å². The topological polar surface area (TPSA) is 169 Å². The maximum absolute atomic E-state index is 12.2. The first kappa shape index (κ1) is 28.5. The van der Waals surface area contributed by atoms with Crippen LogP contribution in [0.5, 0.6) is 0 Å². The smallest absolute Gasteiger partial charge is 0.233 e. The SMILES string of the molecule is NCCOCCOCCNC(=O)Cc1ccc(Nc2nc(NCCCO)nc(N3CCOCC3)n2)cc1. The van der Waals surface area contributed by atoms with Crippen molar-refractivity contribution < 1.29 is 24.1 Å². The fourth-order valence-corrected chi connectivity index (χ4v) is 3.43. The normalized spacial score (nSPS) is 13.4. The second-order valence-electron chi connectivity index (χ2n) is 8.25. The van der Waals surface area contributed by atoms with Gasteiger partial charge >= 0.3 is 0 Å². The molecule has 0 bridgehead atoms. The number of ether oxygens (including phenoxy) is 3. The number of anilines is 4. The maximum Gasteiger partial charge on any atom is 0.233 e. The van der Waals surface area contributed by atoms with Crippen LogP contribution in [0.25, 0.3) is 0 Å². The van der Waals surface area contributed by atoms with Crippen LogP contribution in [0, 0.1) is 0 Å². The predicted molar refractivity (Wildman–Crippen MR) is 140 cm³/mol. The summed E-state index contributed by atoms with van der Waals surface area (Å²) < 4.78 is 16.1. The van der Waals surface area contributed by atoms with Gasteiger partial charge in [-0.1, -0.05) is 12.1 Å². The molecule has 1 aromatic carbocycles. The molecule has 3 rings (SSSR count). The number of amides is 1. The van der Waals surface area contributed by atoms with Gasteiger partial charge in [0.05, 0.1) is 46.1 Å². The van der Waals surface area contributed by atoms with Gasteiger partial charge < -0.3 is 45.9 Å². The number of benzene rings is 1. The monoisotopic (exact) mass is 518 g/mol. The highest BCUT2D eigenvalue weighted by atomic mass is 16.5. The second kappa shape index (κ2) is 16.6. The summed E-state index contributed by atoms with van der Waals surface area (Å²) in [5.41, 5.74) is 7.02. The molecule has 0 atom stereocenters. The summed E-state index contributed by atoms with van der Waals surface area (Å²) in [5.74, 6) is 1.33. The zero-order chi connectivity index (χ0) is 26.1. The van der Waals surface area contributed by atoms with E-state index in [1.165, 1.54) is 0 Å². The Bertz CT molecular complexity index is 928. The molecule has 13 nitrogen and oxygen atoms in total. The molecule has 1 aromatic heterocycles. The predicted octanol–water partition coefficient (Wildman–Crippen LogP) is -0.103. The average molecular weight is 519 g/mol. The summed E-state index contributed by atoms with van der Waals surface area (Å²) in [4.78, 5) is 27.8. The third-order valence-electron chi connectivity index (χ3n) is 5.31. The molecule has 37 heavy (non-hydrogen) atoms. The van der Waals surface area contributed by atoms with Crippen LogP contribution in [0.2, 0.25) is 0 Å². The van der Waals surface area contributed by atoms with Crippen LogP contribution in [0.4, 0.5) is 23.5 Å². The van der Waals surface area contributed by atoms with Gasteiger partial charge in [0.15, 0.2) is 0 Å². The summed E-state index contributed by atoms with van der Waals surface area (Å²) in [6.07, 6.45) is 0.860. The highest BCUT2D eigenvalue weighted by molar-refractivity contribution is 5.78. The Morgan fingerprint density at radius 2 is 1.73 bits per heavy atom. The fraction of sp³-hybridized carbons (Fsp3) is 0.583. The molecule has 2 aromatic rings. The largest absolute Gasteiger partial charge is 0.396 e. The molecular weight excluding hydrogens is 480 g/mol. The van der Waals surface area contributed by atoms with E-state index in [2.05, 4.69) is 35.8 Å². The minimum atomic E-state index is -0.0742. The van der Waals surface area contributed by atoms with Crippen LogP contribution in [-0.2, 0) is 25.4 Å². The van der Waals surface area contributed by atoms with Crippen LogP contribution in [-0.4, -0.2) is 105 Å². The van der Waals surface area contributed by atoms with E-state index in [0.717, 1.165) is 11.3 Å². The average Bonchev–Trinajstić information content (AvgIpc) is 2.92. The maximum atomic E-state index is 12.2. The molecule has 1 fully saturated rings. The molecule has 0 spiro atoms. The van der Waals surface area contributed by atoms with Gasteiger partial charge in [0.1, 0.15) is 0 Å². The fourth-order valence-electron chi connectivity index (χ4n) is 3.43. The van der Waals surface area contributed by atoms with E-state index in [9.17, 15) is 4.79 Å². The van der Waals surface area contributed by atoms with Gasteiger partial charge in [-0.2, -0.15) is 15.0 Å². The molecule has 0 saturated carbocycles. The number of carbonyl (C=O) groups excluding carboxylic acids is 1. The van der Waals surface area contributed by atoms with Crippen LogP contribution in [0.1, 0.15) is 12.0 Å². The van der Waals surface area contributed by atoms with E-state index < -0.39 is 0 Å². The number of rotatable bonds is 17. The number of hydrogen-bond donors (Lipinski definition) is 5. The standard InChI is InChI=1S/C24H38N8O5/c25-6-12-35-16-17-36-13-8-26-21(34)18-19-2-4-20(5-3-19)28-23-29-22(27-7-1-11-33)30-24(31-23)32-9-14-37-15-10-32/h2-5,33H,1,6-18,25H2,(H,26,34)(H2,27,28,29,30,31). The lowest BCUT2D eigenvalue weighted by molar-refractivity contribution is -0.120. The lowest BCUT2D eigenvalue weighted by atomic mass is 10.1. The molecule has 0 aliphatic carbocycles. The van der Waals surface area contributed by atoms with Gasteiger partial charge in [-0.15, -0.1) is 0 Å². The van der Waals surface area contributed by atoms with Crippen LogP contribution < -0.4 is 26.6 Å². The summed E-state index contributed by atoms with van der Waals surface area (Å²) >= 11 is 0. The van der Waals surface area contributed by atoms with E-state index >= 15 is 0 Å². The van der Waals surface area contributed by atoms with Crippen molar-refractivity contribution in [2.45, 2.75) is 12.8 Å². The van der Waals surface area contributed by atoms with Crippen LogP contribution in [0.3, 0.4) is 0 Å². The van der Waals surface area contributed by atoms with Crippen molar-refractivity contribution in [3.05, 3.63) is 29.8 Å². The summed E-state index contributed by atoms with van der Waals surface area (Å²) in [6, 6.07) is 7.53. The number of nitrogens with two attached hydrogens (primary N) is 1. The quantitative estimate of drug-likeness (QED) is 0.177. The van der Waals surface area contributed by atoms with Crippen molar-refractivity contribution in [1.29, 1.82) is 0 Å². The van der Waals surface area contributed by atoms with Crippen molar-refractivity contribution in [3.8, 4) is 0 Å². The van der Waals surface area contributed by atoms with Crippen molar-refractivity contribution >= 4 is 29.4 Å². The Morgan fingerprint density at radius 3 is 2.46 bits per heavy atom. The lowest BCUT2D eigenvalue weighted by Gasteiger charge is -2.27. The van der Waals surface area contributed by atoms with Gasteiger partial charge in [0.2, 0.25) is 23.8 Å². The van der Waals surface area contributed by atoms with Crippen molar-refractivity contribution in [2.24, 2.45) is 5.73 Å². The number of nitrogens with one attached hydrogen (secondary N) is 3. The lowest BCUT2D eigenvalue weighted by Crippen LogP contribution is -2.37. The van der Waals surface area contributed by atoms with E-state index in [4.69, 9.17) is 25.1 Å². The van der Waals surface area contributed by atoms with Crippen LogP contribution in [0.15, 0.2) is 24.3 Å². The zero-order valence-corrected chi connectivity index (χ0v) is 21.2. The third-order valence-corrected chi connectivity index (χ3v) is 5.31. The van der Waals surface area contributed by atoms with Crippen molar-refractivity contribution in [1.82, 2.24) is 20.3 Å². The van der Waals surface area contributed by atoms with E-state index in [-0.39, 0.29) is 18.9 Å². The van der Waals surface area contributed by atoms with E-state index in [0.29, 0.717) is 96.6 Å². The van der Waals surface area contributed by atoms with Crippen molar-refractivity contribution in [3.63, 3.8) is 0 Å². The molecule has 13 heteroatoms. The molecule has 1 amide bonds. The Labute approximate surface area is 217 Å². The number of nitrogens with zero attached hydrogens (tertiary/aromatic N) is 4. The number of hydrogen-bond acceptors (Lipinski definition) is 12. The third kappa shape index (κ3) is 10.8. The molecule has 6 N–H and O–H groups in total.